The number of rotatable bonds is 6. The van der Waals surface area contributed by atoms with Gasteiger partial charge in [0, 0.05) is 11.8 Å². The normalized spacial score (nSPS) is 13.2. The van der Waals surface area contributed by atoms with E-state index >= 15 is 0 Å². The molecule has 1 aromatic heterocycles. The van der Waals surface area contributed by atoms with Crippen LogP contribution in [0.3, 0.4) is 0 Å². The summed E-state index contributed by atoms with van der Waals surface area (Å²) in [6.45, 7) is 3.45. The SMILES string of the molecule is CC(=O)N[C@H](CC(=O)N[C@@H](C)c1cccc2ccccc12)c1cccs1. The predicted molar refractivity (Wildman–Crippen MR) is 106 cm³/mol. The third kappa shape index (κ3) is 4.29. The van der Waals surface area contributed by atoms with E-state index in [1.807, 2.05) is 48.7 Å². The fourth-order valence-electron chi connectivity index (χ4n) is 3.15. The Morgan fingerprint density at radius 1 is 1.00 bits per heavy atom. The van der Waals surface area contributed by atoms with E-state index in [4.69, 9.17) is 0 Å². The van der Waals surface area contributed by atoms with Crippen LogP contribution in [0, 0.1) is 0 Å². The van der Waals surface area contributed by atoms with Crippen LogP contribution >= 0.6 is 11.3 Å². The van der Waals surface area contributed by atoms with Crippen molar-refractivity contribution in [1.82, 2.24) is 10.6 Å². The fraction of sp³-hybridized carbons (Fsp3) is 0.238. The lowest BCUT2D eigenvalue weighted by Gasteiger charge is -2.20. The van der Waals surface area contributed by atoms with Crippen molar-refractivity contribution in [2.24, 2.45) is 0 Å². The van der Waals surface area contributed by atoms with Crippen molar-refractivity contribution in [2.75, 3.05) is 0 Å². The van der Waals surface area contributed by atoms with Gasteiger partial charge < -0.3 is 10.6 Å². The summed E-state index contributed by atoms with van der Waals surface area (Å²) in [5, 5.41) is 10.2. The third-order valence-electron chi connectivity index (χ3n) is 4.32. The number of fused-ring (bicyclic) bond motifs is 1. The van der Waals surface area contributed by atoms with E-state index in [1.165, 1.54) is 18.3 Å². The Morgan fingerprint density at radius 3 is 2.50 bits per heavy atom. The van der Waals surface area contributed by atoms with Crippen LogP contribution in [0.1, 0.15) is 42.8 Å². The number of benzene rings is 2. The molecule has 3 rings (SSSR count). The molecule has 134 valence electrons. The van der Waals surface area contributed by atoms with Gasteiger partial charge in [0.15, 0.2) is 0 Å². The quantitative estimate of drug-likeness (QED) is 0.681. The van der Waals surface area contributed by atoms with Crippen molar-refractivity contribution in [3.8, 4) is 0 Å². The van der Waals surface area contributed by atoms with Crippen LogP contribution in [0.4, 0.5) is 0 Å². The molecule has 2 amide bonds. The molecule has 0 fully saturated rings. The van der Waals surface area contributed by atoms with Crippen molar-refractivity contribution in [3.63, 3.8) is 0 Å². The van der Waals surface area contributed by atoms with Crippen molar-refractivity contribution in [1.29, 1.82) is 0 Å². The van der Waals surface area contributed by atoms with Crippen molar-refractivity contribution in [3.05, 3.63) is 70.4 Å². The van der Waals surface area contributed by atoms with Crippen LogP contribution in [-0.4, -0.2) is 11.8 Å². The summed E-state index contributed by atoms with van der Waals surface area (Å²) in [6, 6.07) is 17.7. The molecule has 1 heterocycles. The van der Waals surface area contributed by atoms with E-state index in [9.17, 15) is 9.59 Å². The maximum Gasteiger partial charge on any atom is 0.222 e. The Kier molecular flexibility index (Phi) is 5.68. The van der Waals surface area contributed by atoms with Crippen molar-refractivity contribution in [2.45, 2.75) is 32.4 Å². The topological polar surface area (TPSA) is 58.2 Å². The van der Waals surface area contributed by atoms with Crippen molar-refractivity contribution < 1.29 is 9.59 Å². The molecule has 0 saturated carbocycles. The van der Waals surface area contributed by atoms with E-state index < -0.39 is 0 Å². The lowest BCUT2D eigenvalue weighted by Crippen LogP contribution is -2.33. The van der Waals surface area contributed by atoms with Gasteiger partial charge in [-0.25, -0.2) is 0 Å². The number of hydrogen-bond acceptors (Lipinski definition) is 3. The Hall–Kier alpha value is -2.66. The second kappa shape index (κ2) is 8.15. The van der Waals surface area contributed by atoms with Gasteiger partial charge in [0.25, 0.3) is 0 Å². The molecule has 0 bridgehead atoms. The summed E-state index contributed by atoms with van der Waals surface area (Å²) in [7, 11) is 0. The van der Waals surface area contributed by atoms with Crippen molar-refractivity contribution >= 4 is 33.9 Å². The monoisotopic (exact) mass is 366 g/mol. The highest BCUT2D eigenvalue weighted by Gasteiger charge is 2.20. The molecular formula is C21H22N2O2S. The average Bonchev–Trinajstić information content (AvgIpc) is 3.14. The molecule has 0 aliphatic rings. The molecule has 5 heteroatoms. The molecule has 26 heavy (non-hydrogen) atoms. The van der Waals surface area contributed by atoms with Crippen LogP contribution in [0.15, 0.2) is 60.0 Å². The highest BCUT2D eigenvalue weighted by Crippen LogP contribution is 2.25. The number of carbonyl (C=O) groups is 2. The number of nitrogens with one attached hydrogen (secondary N) is 2. The number of hydrogen-bond donors (Lipinski definition) is 2. The minimum absolute atomic E-state index is 0.0856. The van der Waals surface area contributed by atoms with E-state index in [1.54, 1.807) is 0 Å². The second-order valence-corrected chi connectivity index (χ2v) is 7.31. The molecule has 0 aliphatic carbocycles. The van der Waals surface area contributed by atoms with Gasteiger partial charge in [-0.1, -0.05) is 48.5 Å². The van der Waals surface area contributed by atoms with Gasteiger partial charge in [0.2, 0.25) is 11.8 Å². The van der Waals surface area contributed by atoms with Gasteiger partial charge in [-0.2, -0.15) is 0 Å². The molecule has 2 aromatic carbocycles. The lowest BCUT2D eigenvalue weighted by atomic mass is 9.99. The molecule has 0 unspecified atom stereocenters. The Balaban J connectivity index is 1.73. The van der Waals surface area contributed by atoms with E-state index in [0.29, 0.717) is 0 Å². The highest BCUT2D eigenvalue weighted by molar-refractivity contribution is 7.10. The minimum Gasteiger partial charge on any atom is -0.349 e. The Morgan fingerprint density at radius 2 is 1.77 bits per heavy atom. The zero-order valence-corrected chi connectivity index (χ0v) is 15.7. The largest absolute Gasteiger partial charge is 0.349 e. The van der Waals surface area contributed by atoms with Gasteiger partial charge >= 0.3 is 0 Å². The third-order valence-corrected chi connectivity index (χ3v) is 5.31. The maximum absolute atomic E-state index is 12.6. The smallest absolute Gasteiger partial charge is 0.222 e. The zero-order valence-electron chi connectivity index (χ0n) is 14.9. The first-order valence-electron chi connectivity index (χ1n) is 8.62. The first kappa shape index (κ1) is 18.1. The van der Waals surface area contributed by atoms with Gasteiger partial charge in [0.05, 0.1) is 18.5 Å². The fourth-order valence-corrected chi connectivity index (χ4v) is 3.93. The summed E-state index contributed by atoms with van der Waals surface area (Å²) in [4.78, 5) is 25.1. The van der Waals surface area contributed by atoms with E-state index in [2.05, 4.69) is 28.8 Å². The average molecular weight is 366 g/mol. The Labute approximate surface area is 157 Å². The van der Waals surface area contributed by atoms with E-state index in [0.717, 1.165) is 21.2 Å². The highest BCUT2D eigenvalue weighted by atomic mass is 32.1. The van der Waals surface area contributed by atoms with Crippen LogP contribution in [-0.2, 0) is 9.59 Å². The first-order valence-corrected chi connectivity index (χ1v) is 9.50. The molecule has 2 atom stereocenters. The molecule has 2 N–H and O–H groups in total. The summed E-state index contributed by atoms with van der Waals surface area (Å²) in [5.74, 6) is -0.226. The maximum atomic E-state index is 12.6. The van der Waals surface area contributed by atoms with Crippen LogP contribution in [0.2, 0.25) is 0 Å². The molecule has 3 aromatic rings. The Bertz CT molecular complexity index is 900. The predicted octanol–water partition coefficient (Wildman–Crippen LogP) is 4.35. The van der Waals surface area contributed by atoms with Crippen LogP contribution in [0.25, 0.3) is 10.8 Å². The molecule has 0 saturated heterocycles. The molecular weight excluding hydrogens is 344 g/mol. The van der Waals surface area contributed by atoms with Gasteiger partial charge in [-0.3, -0.25) is 9.59 Å². The molecule has 4 nitrogen and oxygen atoms in total. The van der Waals surface area contributed by atoms with E-state index in [-0.39, 0.29) is 30.3 Å². The molecule has 0 aliphatic heterocycles. The summed E-state index contributed by atoms with van der Waals surface area (Å²) < 4.78 is 0. The summed E-state index contributed by atoms with van der Waals surface area (Å²) in [6.07, 6.45) is 0.217. The zero-order chi connectivity index (χ0) is 18.5. The number of carbonyl (C=O) groups excluding carboxylic acids is 2. The van der Waals surface area contributed by atoms with Gasteiger partial charge in [-0.15, -0.1) is 11.3 Å². The second-order valence-electron chi connectivity index (χ2n) is 6.33. The molecule has 0 radical (unpaired) electrons. The summed E-state index contributed by atoms with van der Waals surface area (Å²) in [5.41, 5.74) is 1.09. The number of amides is 2. The number of thiophene rings is 1. The van der Waals surface area contributed by atoms with Gasteiger partial charge in [0.1, 0.15) is 0 Å². The van der Waals surface area contributed by atoms with Crippen LogP contribution in [0.5, 0.6) is 0 Å². The van der Waals surface area contributed by atoms with Crippen LogP contribution < -0.4 is 10.6 Å². The molecule has 0 spiro atoms. The summed E-state index contributed by atoms with van der Waals surface area (Å²) >= 11 is 1.54. The first-order chi connectivity index (χ1) is 12.5. The lowest BCUT2D eigenvalue weighted by molar-refractivity contribution is -0.123. The standard InChI is InChI=1S/C21H22N2O2S/c1-14(17-10-5-8-16-7-3-4-9-18(16)17)22-21(25)13-19(23-15(2)24)20-11-6-12-26-20/h3-12,14,19H,13H2,1-2H3,(H,22,25)(H,23,24)/t14-,19+/m0/s1. The van der Waals surface area contributed by atoms with Gasteiger partial charge in [-0.05, 0) is 34.7 Å². The minimum atomic E-state index is -0.299.